The van der Waals surface area contributed by atoms with Crippen molar-refractivity contribution in [2.24, 2.45) is 0 Å². The number of ether oxygens (including phenoxy) is 1. The molecule has 0 fully saturated rings. The first-order chi connectivity index (χ1) is 7.35. The minimum Gasteiger partial charge on any atom is -0.480 e. The minimum atomic E-state index is -1.02. The van der Waals surface area contributed by atoms with Gasteiger partial charge >= 0.3 is 5.97 Å². The Hall–Kier alpha value is -0.750. The summed E-state index contributed by atoms with van der Waals surface area (Å²) in [6, 6.07) is -0.852. The molecule has 94 valence electrons. The number of carboxylic acids is 1. The van der Waals surface area contributed by atoms with Crippen LogP contribution in [0, 0.1) is 0 Å². The van der Waals surface area contributed by atoms with Crippen molar-refractivity contribution in [3.63, 3.8) is 0 Å². The van der Waals surface area contributed by atoms with E-state index in [0.29, 0.717) is 12.2 Å². The molecule has 16 heavy (non-hydrogen) atoms. The van der Waals surface area contributed by atoms with Gasteiger partial charge in [0.15, 0.2) is 0 Å². The van der Waals surface area contributed by atoms with Crippen LogP contribution in [-0.2, 0) is 14.3 Å². The maximum atomic E-state index is 11.7. The highest BCUT2D eigenvalue weighted by Crippen LogP contribution is 2.09. The van der Waals surface area contributed by atoms with E-state index < -0.39 is 23.5 Å². The maximum absolute atomic E-state index is 11.7. The molecule has 0 saturated carbocycles. The highest BCUT2D eigenvalue weighted by molar-refractivity contribution is 7.98. The summed E-state index contributed by atoms with van der Waals surface area (Å²) < 4.78 is 4.97. The smallest absolute Gasteiger partial charge is 0.326 e. The van der Waals surface area contributed by atoms with Crippen LogP contribution < -0.4 is 5.32 Å². The molecule has 6 heteroatoms. The minimum absolute atomic E-state index is 0.405. The number of carboxylic acid groups (broad SMARTS) is 1. The predicted molar refractivity (Wildman–Crippen MR) is 63.7 cm³/mol. The van der Waals surface area contributed by atoms with Crippen LogP contribution in [0.5, 0.6) is 0 Å². The zero-order valence-corrected chi connectivity index (χ0v) is 10.9. The predicted octanol–water partition coefficient (Wildman–Crippen LogP) is 0.734. The van der Waals surface area contributed by atoms with E-state index in [1.165, 1.54) is 7.11 Å². The van der Waals surface area contributed by atoms with E-state index in [4.69, 9.17) is 9.84 Å². The van der Waals surface area contributed by atoms with Crippen LogP contribution in [0.15, 0.2) is 0 Å². The molecule has 0 bridgehead atoms. The van der Waals surface area contributed by atoms with Crippen molar-refractivity contribution in [2.75, 3.05) is 19.1 Å². The van der Waals surface area contributed by atoms with Gasteiger partial charge in [0.05, 0.1) is 0 Å². The van der Waals surface area contributed by atoms with Crippen molar-refractivity contribution < 1.29 is 19.4 Å². The summed E-state index contributed by atoms with van der Waals surface area (Å²) in [6.07, 6.45) is 2.29. The number of carbonyl (C=O) groups excluding carboxylic acids is 1. The average molecular weight is 249 g/mol. The monoisotopic (exact) mass is 249 g/mol. The van der Waals surface area contributed by atoms with Crippen LogP contribution in [0.1, 0.15) is 20.3 Å². The van der Waals surface area contributed by atoms with E-state index in [0.717, 1.165) is 0 Å². The Labute approximate surface area is 99.9 Å². The topological polar surface area (TPSA) is 75.6 Å². The van der Waals surface area contributed by atoms with Crippen LogP contribution in [-0.4, -0.2) is 47.7 Å². The first-order valence-corrected chi connectivity index (χ1v) is 6.32. The summed E-state index contributed by atoms with van der Waals surface area (Å²) in [6.45, 7) is 3.19. The molecule has 5 nitrogen and oxygen atoms in total. The van der Waals surface area contributed by atoms with Gasteiger partial charge in [-0.3, -0.25) is 4.79 Å². The van der Waals surface area contributed by atoms with E-state index in [2.05, 4.69) is 5.32 Å². The van der Waals surface area contributed by atoms with Crippen LogP contribution in [0.4, 0.5) is 0 Å². The molecule has 0 spiro atoms. The third kappa shape index (κ3) is 4.85. The van der Waals surface area contributed by atoms with Crippen LogP contribution in [0.3, 0.4) is 0 Å². The Bertz CT molecular complexity index is 255. The van der Waals surface area contributed by atoms with Crippen molar-refractivity contribution in [1.29, 1.82) is 0 Å². The molecule has 0 aromatic carbocycles. The summed E-state index contributed by atoms with van der Waals surface area (Å²) in [4.78, 5) is 22.6. The molecule has 1 amide bonds. The third-order valence-electron chi connectivity index (χ3n) is 2.27. The summed E-state index contributed by atoms with van der Waals surface area (Å²) in [5, 5.41) is 11.4. The number of hydrogen-bond acceptors (Lipinski definition) is 4. The standard InChI is InChI=1S/C10H19NO4S/c1-10(2,15-3)9(14)11-7(8(12)13)5-6-16-4/h7H,5-6H2,1-4H3,(H,11,14)(H,12,13)/t7-/m0/s1. The maximum Gasteiger partial charge on any atom is 0.326 e. The zero-order valence-electron chi connectivity index (χ0n) is 10.1. The lowest BCUT2D eigenvalue weighted by atomic mass is 10.1. The van der Waals surface area contributed by atoms with Crippen molar-refractivity contribution >= 4 is 23.6 Å². The Kier molecular flexibility index (Phi) is 6.43. The van der Waals surface area contributed by atoms with Crippen LogP contribution in [0.25, 0.3) is 0 Å². The van der Waals surface area contributed by atoms with Gasteiger partial charge in [-0.1, -0.05) is 0 Å². The molecule has 1 atom stereocenters. The lowest BCUT2D eigenvalue weighted by Crippen LogP contribution is -2.50. The van der Waals surface area contributed by atoms with Crippen molar-refractivity contribution in [3.8, 4) is 0 Å². The summed E-state index contributed by atoms with van der Waals surface area (Å²) in [5.41, 5.74) is -1.01. The number of methoxy groups -OCH3 is 1. The van der Waals surface area contributed by atoms with Crippen molar-refractivity contribution in [2.45, 2.75) is 31.9 Å². The van der Waals surface area contributed by atoms with Gasteiger partial charge in [-0.25, -0.2) is 4.79 Å². The van der Waals surface area contributed by atoms with E-state index in [1.54, 1.807) is 25.6 Å². The number of rotatable bonds is 7. The fourth-order valence-corrected chi connectivity index (χ4v) is 1.39. The van der Waals surface area contributed by atoms with E-state index >= 15 is 0 Å². The third-order valence-corrected chi connectivity index (χ3v) is 2.92. The number of carbonyl (C=O) groups is 2. The fraction of sp³-hybridized carbons (Fsp3) is 0.800. The fourth-order valence-electron chi connectivity index (χ4n) is 0.918. The summed E-state index contributed by atoms with van der Waals surface area (Å²) >= 11 is 1.54. The lowest BCUT2D eigenvalue weighted by Gasteiger charge is -2.24. The lowest BCUT2D eigenvalue weighted by molar-refractivity contribution is -0.147. The van der Waals surface area contributed by atoms with Gasteiger partial charge in [-0.05, 0) is 32.3 Å². The number of hydrogen-bond donors (Lipinski definition) is 2. The molecule has 0 radical (unpaired) electrons. The average Bonchev–Trinajstić information content (AvgIpc) is 2.23. The Morgan fingerprint density at radius 1 is 1.50 bits per heavy atom. The van der Waals surface area contributed by atoms with E-state index in [1.807, 2.05) is 6.26 Å². The largest absolute Gasteiger partial charge is 0.480 e. The Morgan fingerprint density at radius 3 is 2.44 bits per heavy atom. The summed E-state index contributed by atoms with van der Waals surface area (Å²) in [5.74, 6) is -0.747. The molecule has 0 aliphatic heterocycles. The normalized spacial score (nSPS) is 13.2. The van der Waals surface area contributed by atoms with Crippen molar-refractivity contribution in [1.82, 2.24) is 5.32 Å². The Morgan fingerprint density at radius 2 is 2.06 bits per heavy atom. The molecular weight excluding hydrogens is 230 g/mol. The molecule has 0 aromatic heterocycles. The number of amides is 1. The second kappa shape index (κ2) is 6.75. The highest BCUT2D eigenvalue weighted by atomic mass is 32.2. The molecule has 0 heterocycles. The van der Waals surface area contributed by atoms with Crippen molar-refractivity contribution in [3.05, 3.63) is 0 Å². The molecule has 0 unspecified atom stereocenters. The van der Waals surface area contributed by atoms with Gasteiger partial charge in [0, 0.05) is 7.11 Å². The van der Waals surface area contributed by atoms with Gasteiger partial charge < -0.3 is 15.2 Å². The van der Waals surface area contributed by atoms with Gasteiger partial charge in [-0.15, -0.1) is 0 Å². The van der Waals surface area contributed by atoms with Gasteiger partial charge in [0.1, 0.15) is 11.6 Å². The van der Waals surface area contributed by atoms with E-state index in [9.17, 15) is 9.59 Å². The van der Waals surface area contributed by atoms with Gasteiger partial charge in [0.2, 0.25) is 0 Å². The molecule has 0 aliphatic rings. The van der Waals surface area contributed by atoms with Gasteiger partial charge in [0.25, 0.3) is 5.91 Å². The molecule has 0 aliphatic carbocycles. The summed E-state index contributed by atoms with van der Waals surface area (Å²) in [7, 11) is 1.41. The molecule has 2 N–H and O–H groups in total. The number of thioether (sulfide) groups is 1. The Balaban J connectivity index is 4.40. The van der Waals surface area contributed by atoms with Crippen LogP contribution >= 0.6 is 11.8 Å². The quantitative estimate of drug-likeness (QED) is 0.696. The number of nitrogens with one attached hydrogen (secondary N) is 1. The molecule has 0 rings (SSSR count). The second-order valence-corrected chi connectivity index (χ2v) is 4.85. The second-order valence-electron chi connectivity index (χ2n) is 3.86. The van der Waals surface area contributed by atoms with E-state index in [-0.39, 0.29) is 0 Å². The molecular formula is C10H19NO4S. The first kappa shape index (κ1) is 15.2. The first-order valence-electron chi connectivity index (χ1n) is 4.93. The van der Waals surface area contributed by atoms with Gasteiger partial charge in [-0.2, -0.15) is 11.8 Å². The molecule has 0 aromatic rings. The molecule has 0 saturated heterocycles. The zero-order chi connectivity index (χ0) is 12.8. The van der Waals surface area contributed by atoms with Crippen LogP contribution in [0.2, 0.25) is 0 Å². The highest BCUT2D eigenvalue weighted by Gasteiger charge is 2.30. The SMILES string of the molecule is COC(C)(C)C(=O)N[C@@H](CCSC)C(=O)O. The number of aliphatic carboxylic acids is 1.